The molecule has 19 heavy (non-hydrogen) atoms. The molecule has 0 unspecified atom stereocenters. The molecule has 0 aliphatic carbocycles. The molecule has 0 saturated heterocycles. The zero-order chi connectivity index (χ0) is 14.8. The van der Waals surface area contributed by atoms with E-state index < -0.39 is 43.7 Å². The normalized spacial score (nSPS) is 11.2. The molecule has 0 aliphatic heterocycles. The number of ketones is 1. The number of carbonyl (C=O) groups excluding carboxylic acids is 2. The molecule has 0 fully saturated rings. The Morgan fingerprint density at radius 2 is 1.79 bits per heavy atom. The minimum Gasteiger partial charge on any atom is -0.460 e. The Morgan fingerprint density at radius 3 is 2.26 bits per heavy atom. The van der Waals surface area contributed by atoms with E-state index in [1.807, 2.05) is 0 Å². The van der Waals surface area contributed by atoms with Crippen LogP contribution in [0.5, 0.6) is 0 Å². The third-order valence-electron chi connectivity index (χ3n) is 2.15. The summed E-state index contributed by atoms with van der Waals surface area (Å²) in [7, 11) is -3.97. The minimum atomic E-state index is -3.97. The summed E-state index contributed by atoms with van der Waals surface area (Å²) in [6.07, 6.45) is 0.692. The number of carbonyl (C=O) groups is 2. The van der Waals surface area contributed by atoms with Crippen molar-refractivity contribution in [2.24, 2.45) is 0 Å². The molecular formula is C11H10F2O5S. The zero-order valence-corrected chi connectivity index (χ0v) is 10.9. The van der Waals surface area contributed by atoms with Crippen molar-refractivity contribution in [3.8, 4) is 0 Å². The van der Waals surface area contributed by atoms with Crippen LogP contribution in [0.25, 0.3) is 0 Å². The molecule has 8 heteroatoms. The van der Waals surface area contributed by atoms with Crippen LogP contribution in [0.4, 0.5) is 8.78 Å². The Labute approximate surface area is 108 Å². The SMILES string of the molecule is CCOC(=O)C(=O)c1ccc(S(C)(=O)=O)c(F)c1F. The van der Waals surface area contributed by atoms with E-state index in [1.165, 1.54) is 6.92 Å². The van der Waals surface area contributed by atoms with Crippen LogP contribution < -0.4 is 0 Å². The predicted molar refractivity (Wildman–Crippen MR) is 60.4 cm³/mol. The zero-order valence-electron chi connectivity index (χ0n) is 10.1. The van der Waals surface area contributed by atoms with Gasteiger partial charge in [-0.15, -0.1) is 0 Å². The van der Waals surface area contributed by atoms with Crippen LogP contribution in [-0.2, 0) is 19.4 Å². The Morgan fingerprint density at radius 1 is 1.21 bits per heavy atom. The molecule has 0 heterocycles. The molecule has 0 spiro atoms. The van der Waals surface area contributed by atoms with Gasteiger partial charge in [0.1, 0.15) is 4.90 Å². The van der Waals surface area contributed by atoms with Gasteiger partial charge in [-0.2, -0.15) is 0 Å². The number of ether oxygens (including phenoxy) is 1. The average molecular weight is 292 g/mol. The van der Waals surface area contributed by atoms with E-state index in [4.69, 9.17) is 0 Å². The van der Waals surface area contributed by atoms with Crippen LogP contribution in [0.1, 0.15) is 17.3 Å². The van der Waals surface area contributed by atoms with Gasteiger partial charge < -0.3 is 4.74 Å². The molecule has 0 atom stereocenters. The van der Waals surface area contributed by atoms with Crippen molar-refractivity contribution in [1.82, 2.24) is 0 Å². The standard InChI is InChI=1S/C11H10F2O5S/c1-3-18-11(15)10(14)6-4-5-7(19(2,16)17)9(13)8(6)12/h4-5H,3H2,1-2H3. The molecular weight excluding hydrogens is 282 g/mol. The van der Waals surface area contributed by atoms with Gasteiger partial charge in [-0.25, -0.2) is 22.0 Å². The lowest BCUT2D eigenvalue weighted by atomic mass is 10.1. The summed E-state index contributed by atoms with van der Waals surface area (Å²) in [5.41, 5.74) is -0.872. The van der Waals surface area contributed by atoms with Crippen molar-refractivity contribution >= 4 is 21.6 Å². The maximum atomic E-state index is 13.6. The second-order valence-corrected chi connectivity index (χ2v) is 5.55. The number of esters is 1. The fraction of sp³-hybridized carbons (Fsp3) is 0.273. The molecule has 1 aromatic carbocycles. The topological polar surface area (TPSA) is 77.5 Å². The number of sulfone groups is 1. The fourth-order valence-electron chi connectivity index (χ4n) is 1.30. The first-order valence-corrected chi connectivity index (χ1v) is 6.98. The number of hydrogen-bond acceptors (Lipinski definition) is 5. The Hall–Kier alpha value is -1.83. The molecule has 0 aromatic heterocycles. The van der Waals surface area contributed by atoms with Gasteiger partial charge in [0.25, 0.3) is 5.78 Å². The van der Waals surface area contributed by atoms with Gasteiger partial charge in [-0.05, 0) is 19.1 Å². The molecule has 0 amide bonds. The first-order chi connectivity index (χ1) is 8.70. The Kier molecular flexibility index (Phi) is 4.35. The van der Waals surface area contributed by atoms with Crippen LogP contribution in [0.3, 0.4) is 0 Å². The first-order valence-electron chi connectivity index (χ1n) is 5.09. The average Bonchev–Trinajstić information content (AvgIpc) is 2.30. The van der Waals surface area contributed by atoms with E-state index in [-0.39, 0.29) is 6.61 Å². The second-order valence-electron chi connectivity index (χ2n) is 3.56. The summed E-state index contributed by atoms with van der Waals surface area (Å²) in [6, 6.07) is 1.45. The van der Waals surface area contributed by atoms with Gasteiger partial charge >= 0.3 is 5.97 Å². The molecule has 0 radical (unpaired) electrons. The lowest BCUT2D eigenvalue weighted by Crippen LogP contribution is -2.20. The summed E-state index contributed by atoms with van der Waals surface area (Å²) in [5.74, 6) is -6.11. The smallest absolute Gasteiger partial charge is 0.379 e. The van der Waals surface area contributed by atoms with E-state index in [0.717, 1.165) is 12.1 Å². The number of halogens is 2. The lowest BCUT2D eigenvalue weighted by Gasteiger charge is -2.06. The second kappa shape index (κ2) is 5.43. The summed E-state index contributed by atoms with van der Waals surface area (Å²) in [5, 5.41) is 0. The minimum absolute atomic E-state index is 0.101. The molecule has 0 aliphatic rings. The fourth-order valence-corrected chi connectivity index (χ4v) is 2.03. The maximum Gasteiger partial charge on any atom is 0.379 e. The number of benzene rings is 1. The molecule has 0 bridgehead atoms. The lowest BCUT2D eigenvalue weighted by molar-refractivity contribution is -0.137. The molecule has 0 saturated carbocycles. The van der Waals surface area contributed by atoms with Gasteiger partial charge in [-0.3, -0.25) is 4.79 Å². The van der Waals surface area contributed by atoms with Crippen LogP contribution in [0.2, 0.25) is 0 Å². The Balaban J connectivity index is 3.32. The van der Waals surface area contributed by atoms with Gasteiger partial charge in [0.05, 0.1) is 12.2 Å². The van der Waals surface area contributed by atoms with Gasteiger partial charge in [0.15, 0.2) is 21.5 Å². The van der Waals surface area contributed by atoms with E-state index in [1.54, 1.807) is 0 Å². The van der Waals surface area contributed by atoms with Gasteiger partial charge in [0.2, 0.25) is 0 Å². The highest BCUT2D eigenvalue weighted by molar-refractivity contribution is 7.90. The van der Waals surface area contributed by atoms with Crippen molar-refractivity contribution in [1.29, 1.82) is 0 Å². The van der Waals surface area contributed by atoms with E-state index in [9.17, 15) is 26.8 Å². The van der Waals surface area contributed by atoms with Crippen LogP contribution in [0, 0.1) is 11.6 Å². The highest BCUT2D eigenvalue weighted by atomic mass is 32.2. The molecule has 5 nitrogen and oxygen atoms in total. The van der Waals surface area contributed by atoms with E-state index in [2.05, 4.69) is 4.74 Å². The molecule has 1 rings (SSSR count). The maximum absolute atomic E-state index is 13.6. The van der Waals surface area contributed by atoms with E-state index in [0.29, 0.717) is 6.26 Å². The van der Waals surface area contributed by atoms with Gasteiger partial charge in [-0.1, -0.05) is 0 Å². The van der Waals surface area contributed by atoms with Crippen LogP contribution in [0.15, 0.2) is 17.0 Å². The highest BCUT2D eigenvalue weighted by Gasteiger charge is 2.27. The molecule has 0 N–H and O–H groups in total. The summed E-state index contributed by atoms with van der Waals surface area (Å²) in [6.45, 7) is 1.34. The largest absolute Gasteiger partial charge is 0.460 e. The van der Waals surface area contributed by atoms with Crippen molar-refractivity contribution in [2.45, 2.75) is 11.8 Å². The predicted octanol–water partition coefficient (Wildman–Crippen LogP) is 1.11. The first kappa shape index (κ1) is 15.2. The third kappa shape index (κ3) is 3.14. The third-order valence-corrected chi connectivity index (χ3v) is 3.27. The van der Waals surface area contributed by atoms with Crippen molar-refractivity contribution < 1.29 is 31.5 Å². The number of rotatable bonds is 4. The van der Waals surface area contributed by atoms with Crippen molar-refractivity contribution in [2.75, 3.05) is 12.9 Å². The molecule has 1 aromatic rings. The highest BCUT2D eigenvalue weighted by Crippen LogP contribution is 2.21. The monoisotopic (exact) mass is 292 g/mol. The summed E-state index contributed by atoms with van der Waals surface area (Å²) in [4.78, 5) is 21.7. The van der Waals surface area contributed by atoms with Crippen LogP contribution in [-0.4, -0.2) is 33.0 Å². The van der Waals surface area contributed by atoms with Crippen LogP contribution >= 0.6 is 0 Å². The van der Waals surface area contributed by atoms with Crippen molar-refractivity contribution in [3.63, 3.8) is 0 Å². The Bertz CT molecular complexity index is 637. The van der Waals surface area contributed by atoms with E-state index >= 15 is 0 Å². The summed E-state index contributed by atoms with van der Waals surface area (Å²) < 4.78 is 53.7. The number of Topliss-reactive ketones (excluding diaryl/α,β-unsaturated/α-hetero) is 1. The van der Waals surface area contributed by atoms with Gasteiger partial charge in [0, 0.05) is 6.26 Å². The molecule has 104 valence electrons. The number of hydrogen-bond donors (Lipinski definition) is 0. The summed E-state index contributed by atoms with van der Waals surface area (Å²) >= 11 is 0. The van der Waals surface area contributed by atoms with Crippen molar-refractivity contribution in [3.05, 3.63) is 29.3 Å². The quantitative estimate of drug-likeness (QED) is 0.472.